The molecule has 0 amide bonds. The first kappa shape index (κ1) is 12.8. The number of hydrogen-bond acceptors (Lipinski definition) is 2. The maximum absolute atomic E-state index is 12.1. The van der Waals surface area contributed by atoms with Crippen LogP contribution in [0, 0.1) is 5.92 Å². The average Bonchev–Trinajstić information content (AvgIpc) is 2.35. The number of fused-ring (bicyclic) bond motifs is 1. The van der Waals surface area contributed by atoms with Gasteiger partial charge in [0, 0.05) is 12.5 Å². The molecule has 1 saturated heterocycles. The Morgan fingerprint density at radius 2 is 1.94 bits per heavy atom. The molecule has 1 N–H and O–H groups in total. The van der Waals surface area contributed by atoms with Crippen LogP contribution in [0.25, 0.3) is 0 Å². The molecule has 1 saturated carbocycles. The van der Waals surface area contributed by atoms with Crippen LogP contribution < -0.4 is 5.32 Å². The van der Waals surface area contributed by atoms with E-state index < -0.39 is 0 Å². The zero-order valence-corrected chi connectivity index (χ0v) is 11.0. The third-order valence-electron chi connectivity index (χ3n) is 4.34. The predicted molar refractivity (Wildman–Crippen MR) is 71.0 cm³/mol. The van der Waals surface area contributed by atoms with Gasteiger partial charge in [-0.25, -0.2) is 0 Å². The normalized spacial score (nSPS) is 32.9. The van der Waals surface area contributed by atoms with Crippen molar-refractivity contribution in [2.24, 2.45) is 5.92 Å². The van der Waals surface area contributed by atoms with Crippen LogP contribution in [0.2, 0.25) is 0 Å². The lowest BCUT2D eigenvalue weighted by Crippen LogP contribution is -2.52. The van der Waals surface area contributed by atoms with Crippen molar-refractivity contribution >= 4 is 5.78 Å². The molecule has 96 valence electrons. The van der Waals surface area contributed by atoms with Crippen molar-refractivity contribution in [1.82, 2.24) is 5.32 Å². The molecule has 3 unspecified atom stereocenters. The third kappa shape index (κ3) is 3.41. The number of allylic oxidation sites excluding steroid dienone is 1. The molecule has 0 spiro atoms. The van der Waals surface area contributed by atoms with Crippen LogP contribution in [0.15, 0.2) is 12.2 Å². The third-order valence-corrected chi connectivity index (χ3v) is 4.34. The molecule has 2 rings (SSSR count). The van der Waals surface area contributed by atoms with Crippen molar-refractivity contribution in [2.45, 2.75) is 70.4 Å². The maximum Gasteiger partial charge on any atom is 0.150 e. The molecule has 0 radical (unpaired) electrons. The molecule has 0 aromatic heterocycles. The Kier molecular flexibility index (Phi) is 4.38. The number of Topliss-reactive ketones (excluding diaryl/α,β-unsaturated/α-hetero) is 1. The van der Waals surface area contributed by atoms with E-state index in [1.54, 1.807) is 0 Å². The van der Waals surface area contributed by atoms with Gasteiger partial charge in [0.2, 0.25) is 0 Å². The highest BCUT2D eigenvalue weighted by atomic mass is 16.1. The van der Waals surface area contributed by atoms with Gasteiger partial charge in [-0.15, -0.1) is 6.58 Å². The van der Waals surface area contributed by atoms with Gasteiger partial charge in [-0.3, -0.25) is 4.79 Å². The molecule has 3 atom stereocenters. The van der Waals surface area contributed by atoms with Gasteiger partial charge in [0.1, 0.15) is 5.78 Å². The van der Waals surface area contributed by atoms with Crippen molar-refractivity contribution in [2.75, 3.05) is 0 Å². The minimum atomic E-state index is 0.133. The fourth-order valence-electron chi connectivity index (χ4n) is 3.26. The lowest BCUT2D eigenvalue weighted by molar-refractivity contribution is -0.122. The Balaban J connectivity index is 1.82. The van der Waals surface area contributed by atoms with E-state index in [2.05, 4.69) is 11.9 Å². The SMILES string of the molecule is C=C(C)CCC(=O)C1CCC2CCCCC2N1. The zero-order valence-electron chi connectivity index (χ0n) is 11.0. The molecule has 1 heterocycles. The van der Waals surface area contributed by atoms with E-state index in [4.69, 9.17) is 0 Å². The van der Waals surface area contributed by atoms with E-state index in [9.17, 15) is 4.79 Å². The highest BCUT2D eigenvalue weighted by Gasteiger charge is 2.33. The van der Waals surface area contributed by atoms with Gasteiger partial charge in [-0.2, -0.15) is 0 Å². The highest BCUT2D eigenvalue weighted by Crippen LogP contribution is 2.32. The Morgan fingerprint density at radius 1 is 1.18 bits per heavy atom. The lowest BCUT2D eigenvalue weighted by Gasteiger charge is -2.40. The second kappa shape index (κ2) is 5.81. The Labute approximate surface area is 105 Å². The van der Waals surface area contributed by atoms with E-state index in [0.29, 0.717) is 18.2 Å². The smallest absolute Gasteiger partial charge is 0.150 e. The lowest BCUT2D eigenvalue weighted by atomic mass is 9.77. The van der Waals surface area contributed by atoms with Crippen molar-refractivity contribution in [3.05, 3.63) is 12.2 Å². The highest BCUT2D eigenvalue weighted by molar-refractivity contribution is 5.84. The summed E-state index contributed by atoms with van der Waals surface area (Å²) in [6.45, 7) is 5.86. The Bertz CT molecular complexity index is 297. The topological polar surface area (TPSA) is 29.1 Å². The Hall–Kier alpha value is -0.630. The van der Waals surface area contributed by atoms with Crippen LogP contribution in [0.3, 0.4) is 0 Å². The number of hydrogen-bond donors (Lipinski definition) is 1. The number of nitrogens with one attached hydrogen (secondary N) is 1. The summed E-state index contributed by atoms with van der Waals surface area (Å²) in [4.78, 5) is 12.1. The van der Waals surface area contributed by atoms with Crippen molar-refractivity contribution in [3.63, 3.8) is 0 Å². The molecular formula is C15H25NO. The number of ketones is 1. The molecule has 2 aliphatic rings. The van der Waals surface area contributed by atoms with E-state index in [0.717, 1.165) is 24.3 Å². The van der Waals surface area contributed by atoms with Gasteiger partial charge >= 0.3 is 0 Å². The quantitative estimate of drug-likeness (QED) is 0.758. The molecular weight excluding hydrogens is 210 g/mol. The largest absolute Gasteiger partial charge is 0.304 e. The van der Waals surface area contributed by atoms with Crippen LogP contribution in [0.5, 0.6) is 0 Å². The summed E-state index contributed by atoms with van der Waals surface area (Å²) in [5, 5.41) is 3.60. The van der Waals surface area contributed by atoms with Gasteiger partial charge in [0.25, 0.3) is 0 Å². The summed E-state index contributed by atoms with van der Waals surface area (Å²) >= 11 is 0. The minimum absolute atomic E-state index is 0.133. The molecule has 1 aliphatic carbocycles. The number of carbonyl (C=O) groups is 1. The van der Waals surface area contributed by atoms with Crippen molar-refractivity contribution < 1.29 is 4.79 Å². The Morgan fingerprint density at radius 3 is 2.71 bits per heavy atom. The molecule has 0 aromatic carbocycles. The summed E-state index contributed by atoms with van der Waals surface area (Å²) in [5.74, 6) is 1.24. The van der Waals surface area contributed by atoms with E-state index in [-0.39, 0.29) is 6.04 Å². The fourth-order valence-corrected chi connectivity index (χ4v) is 3.26. The zero-order chi connectivity index (χ0) is 12.3. The molecule has 0 aromatic rings. The average molecular weight is 235 g/mol. The van der Waals surface area contributed by atoms with E-state index in [1.807, 2.05) is 6.92 Å². The number of carbonyl (C=O) groups excluding carboxylic acids is 1. The van der Waals surface area contributed by atoms with Gasteiger partial charge in [-0.05, 0) is 44.9 Å². The van der Waals surface area contributed by atoms with Crippen molar-refractivity contribution in [3.8, 4) is 0 Å². The molecule has 2 fully saturated rings. The van der Waals surface area contributed by atoms with Crippen LogP contribution in [0.1, 0.15) is 58.3 Å². The fraction of sp³-hybridized carbons (Fsp3) is 0.800. The van der Waals surface area contributed by atoms with Gasteiger partial charge < -0.3 is 5.32 Å². The predicted octanol–water partition coefficient (Wildman–Crippen LogP) is 3.22. The summed E-state index contributed by atoms with van der Waals surface area (Å²) < 4.78 is 0. The molecule has 2 heteroatoms. The van der Waals surface area contributed by atoms with Gasteiger partial charge in [-0.1, -0.05) is 18.4 Å². The second-order valence-electron chi connectivity index (χ2n) is 5.87. The molecule has 0 bridgehead atoms. The molecule has 1 aliphatic heterocycles. The summed E-state index contributed by atoms with van der Waals surface area (Å²) in [7, 11) is 0. The van der Waals surface area contributed by atoms with Crippen molar-refractivity contribution in [1.29, 1.82) is 0 Å². The van der Waals surface area contributed by atoms with E-state index in [1.165, 1.54) is 32.1 Å². The first-order chi connectivity index (χ1) is 8.16. The summed E-state index contributed by atoms with van der Waals surface area (Å²) in [6, 6.07) is 0.755. The van der Waals surface area contributed by atoms with Gasteiger partial charge in [0.15, 0.2) is 0 Å². The summed E-state index contributed by atoms with van der Waals surface area (Å²) in [6.07, 6.45) is 9.18. The molecule has 2 nitrogen and oxygen atoms in total. The first-order valence-corrected chi connectivity index (χ1v) is 7.10. The van der Waals surface area contributed by atoms with Crippen LogP contribution in [-0.4, -0.2) is 17.9 Å². The maximum atomic E-state index is 12.1. The van der Waals surface area contributed by atoms with Gasteiger partial charge in [0.05, 0.1) is 6.04 Å². The van der Waals surface area contributed by atoms with E-state index >= 15 is 0 Å². The number of piperidine rings is 1. The monoisotopic (exact) mass is 235 g/mol. The standard InChI is InChI=1S/C15H25NO/c1-11(2)7-10-15(17)14-9-8-12-5-3-4-6-13(12)16-14/h12-14,16H,1,3-10H2,2H3. The van der Waals surface area contributed by atoms with Crippen LogP contribution in [-0.2, 0) is 4.79 Å². The first-order valence-electron chi connectivity index (χ1n) is 7.10. The van der Waals surface area contributed by atoms with Crippen LogP contribution in [0.4, 0.5) is 0 Å². The minimum Gasteiger partial charge on any atom is -0.304 e. The molecule has 17 heavy (non-hydrogen) atoms. The number of rotatable bonds is 4. The van der Waals surface area contributed by atoms with Crippen LogP contribution >= 0.6 is 0 Å². The second-order valence-corrected chi connectivity index (χ2v) is 5.87. The summed E-state index contributed by atoms with van der Waals surface area (Å²) in [5.41, 5.74) is 1.12.